The number of guanidine groups is 1. The molecule has 1 aliphatic rings. The van der Waals surface area contributed by atoms with E-state index >= 15 is 0 Å². The first-order valence-corrected chi connectivity index (χ1v) is 8.99. The van der Waals surface area contributed by atoms with Gasteiger partial charge in [0.15, 0.2) is 5.96 Å². The third-order valence-corrected chi connectivity index (χ3v) is 4.52. The number of amides is 1. The van der Waals surface area contributed by atoms with Gasteiger partial charge in [-0.15, -0.1) is 24.0 Å². The fraction of sp³-hybridized carbons (Fsp3) is 0.667. The summed E-state index contributed by atoms with van der Waals surface area (Å²) >= 11 is 0. The van der Waals surface area contributed by atoms with Crippen molar-refractivity contribution in [1.82, 2.24) is 20.1 Å². The molecule has 25 heavy (non-hydrogen) atoms. The molecule has 0 unspecified atom stereocenters. The zero-order valence-electron chi connectivity index (χ0n) is 15.6. The van der Waals surface area contributed by atoms with Gasteiger partial charge in [0, 0.05) is 51.5 Å². The van der Waals surface area contributed by atoms with Gasteiger partial charge in [-0.1, -0.05) is 6.42 Å². The Kier molecular flexibility index (Phi) is 9.92. The van der Waals surface area contributed by atoms with Crippen LogP contribution in [0.1, 0.15) is 38.3 Å². The summed E-state index contributed by atoms with van der Waals surface area (Å²) in [4.78, 5) is 18.6. The summed E-state index contributed by atoms with van der Waals surface area (Å²) in [5, 5.41) is 6.35. The fourth-order valence-corrected chi connectivity index (χ4v) is 2.74. The molecule has 0 atom stereocenters. The Balaban J connectivity index is 0.00000312. The van der Waals surface area contributed by atoms with Gasteiger partial charge >= 0.3 is 0 Å². The minimum atomic E-state index is 0. The molecule has 2 rings (SSSR count). The molecule has 0 aliphatic heterocycles. The van der Waals surface area contributed by atoms with E-state index < -0.39 is 0 Å². The molecular formula is C18H32IN5O. The Morgan fingerprint density at radius 2 is 2.16 bits per heavy atom. The molecule has 6 nitrogen and oxygen atoms in total. The molecule has 1 amide bonds. The van der Waals surface area contributed by atoms with E-state index in [9.17, 15) is 4.79 Å². The van der Waals surface area contributed by atoms with Gasteiger partial charge in [0.25, 0.3) is 0 Å². The summed E-state index contributed by atoms with van der Waals surface area (Å²) in [7, 11) is 4.10. The first kappa shape index (κ1) is 21.8. The van der Waals surface area contributed by atoms with E-state index in [4.69, 9.17) is 0 Å². The van der Waals surface area contributed by atoms with E-state index in [1.807, 2.05) is 7.05 Å². The van der Waals surface area contributed by atoms with Crippen molar-refractivity contribution in [2.24, 2.45) is 18.0 Å². The van der Waals surface area contributed by atoms with Crippen molar-refractivity contribution in [2.45, 2.75) is 39.2 Å². The first-order valence-electron chi connectivity index (χ1n) is 8.99. The third-order valence-electron chi connectivity index (χ3n) is 4.52. The summed E-state index contributed by atoms with van der Waals surface area (Å²) in [5.74, 6) is 1.39. The average molecular weight is 461 g/mol. The van der Waals surface area contributed by atoms with Gasteiger partial charge in [0.05, 0.1) is 6.54 Å². The van der Waals surface area contributed by atoms with Crippen molar-refractivity contribution in [3.8, 4) is 0 Å². The van der Waals surface area contributed by atoms with E-state index in [2.05, 4.69) is 57.4 Å². The number of carbonyl (C=O) groups excluding carboxylic acids is 1. The lowest BCUT2D eigenvalue weighted by Crippen LogP contribution is -2.39. The summed E-state index contributed by atoms with van der Waals surface area (Å²) in [6, 6.07) is 4.17. The van der Waals surface area contributed by atoms with E-state index in [0.29, 0.717) is 13.1 Å². The maximum Gasteiger partial charge on any atom is 0.223 e. The Morgan fingerprint density at radius 1 is 1.40 bits per heavy atom. The van der Waals surface area contributed by atoms with Crippen LogP contribution in [0.2, 0.25) is 0 Å². The topological polar surface area (TPSA) is 61.7 Å². The minimum absolute atomic E-state index is 0. The Morgan fingerprint density at radius 3 is 2.72 bits per heavy atom. The van der Waals surface area contributed by atoms with Crippen LogP contribution >= 0.6 is 24.0 Å². The molecule has 1 heterocycles. The van der Waals surface area contributed by atoms with Gasteiger partial charge in [-0.2, -0.15) is 0 Å². The van der Waals surface area contributed by atoms with Crippen molar-refractivity contribution in [1.29, 1.82) is 0 Å². The van der Waals surface area contributed by atoms with Crippen LogP contribution in [-0.2, 0) is 18.4 Å². The van der Waals surface area contributed by atoms with Crippen molar-refractivity contribution in [3.05, 3.63) is 24.0 Å². The maximum absolute atomic E-state index is 11.8. The smallest absolute Gasteiger partial charge is 0.223 e. The maximum atomic E-state index is 11.8. The van der Waals surface area contributed by atoms with Gasteiger partial charge in [0.1, 0.15) is 0 Å². The molecule has 142 valence electrons. The zero-order chi connectivity index (χ0) is 17.4. The second-order valence-corrected chi connectivity index (χ2v) is 6.47. The Hall–Kier alpha value is -1.25. The average Bonchev–Trinajstić information content (AvgIpc) is 2.89. The number of hydrogen-bond donors (Lipinski definition) is 2. The lowest BCUT2D eigenvalue weighted by Gasteiger charge is -2.24. The van der Waals surface area contributed by atoms with Gasteiger partial charge in [-0.3, -0.25) is 9.79 Å². The normalized spacial score (nSPS) is 14.4. The number of nitrogens with zero attached hydrogens (tertiary/aromatic N) is 3. The quantitative estimate of drug-likeness (QED) is 0.271. The van der Waals surface area contributed by atoms with Crippen molar-refractivity contribution < 1.29 is 4.79 Å². The standard InChI is InChI=1S/C18H31N5O.HI/c1-4-19-18(23(3)14-16-10-6-13-22(16)2)21-12-7-11-20-17(24)15-8-5-9-15;/h6,10,13,15H,4-5,7-9,11-12,14H2,1-3H3,(H,19,21)(H,20,24);1H. The lowest BCUT2D eigenvalue weighted by molar-refractivity contribution is -0.127. The number of aliphatic imine (C=N–C) groups is 1. The third kappa shape index (κ3) is 6.87. The Bertz CT molecular complexity index is 553. The predicted octanol–water partition coefficient (Wildman–Crippen LogP) is 2.35. The molecule has 0 spiro atoms. The Labute approximate surface area is 168 Å². The number of carbonyl (C=O) groups is 1. The molecule has 0 aromatic carbocycles. The number of halogens is 1. The molecule has 1 saturated carbocycles. The number of aromatic nitrogens is 1. The summed E-state index contributed by atoms with van der Waals surface area (Å²) in [5.41, 5.74) is 1.25. The molecule has 7 heteroatoms. The van der Waals surface area contributed by atoms with Gasteiger partial charge in [-0.05, 0) is 38.3 Å². The van der Waals surface area contributed by atoms with Crippen molar-refractivity contribution in [3.63, 3.8) is 0 Å². The lowest BCUT2D eigenvalue weighted by atomic mass is 9.85. The molecule has 0 saturated heterocycles. The highest BCUT2D eigenvalue weighted by atomic mass is 127. The highest BCUT2D eigenvalue weighted by Crippen LogP contribution is 2.25. The van der Waals surface area contributed by atoms with Gasteiger partial charge < -0.3 is 20.1 Å². The van der Waals surface area contributed by atoms with Gasteiger partial charge in [0.2, 0.25) is 5.91 Å². The van der Waals surface area contributed by atoms with E-state index in [1.165, 1.54) is 12.1 Å². The largest absolute Gasteiger partial charge is 0.357 e. The predicted molar refractivity (Wildman–Crippen MR) is 113 cm³/mol. The van der Waals surface area contributed by atoms with Crippen LogP contribution in [0.3, 0.4) is 0 Å². The van der Waals surface area contributed by atoms with Crippen LogP contribution < -0.4 is 10.6 Å². The molecule has 1 fully saturated rings. The van der Waals surface area contributed by atoms with Crippen LogP contribution in [0.5, 0.6) is 0 Å². The van der Waals surface area contributed by atoms with E-state index in [0.717, 1.165) is 38.3 Å². The van der Waals surface area contributed by atoms with Gasteiger partial charge in [-0.25, -0.2) is 0 Å². The van der Waals surface area contributed by atoms with Crippen LogP contribution in [-0.4, -0.2) is 48.0 Å². The van der Waals surface area contributed by atoms with Crippen molar-refractivity contribution >= 4 is 35.8 Å². The highest BCUT2D eigenvalue weighted by molar-refractivity contribution is 14.0. The SMILES string of the molecule is CCNC(=NCCCNC(=O)C1CCC1)N(C)Cc1cccn1C.I. The molecule has 1 aliphatic carbocycles. The zero-order valence-corrected chi connectivity index (χ0v) is 18.0. The summed E-state index contributed by atoms with van der Waals surface area (Å²) < 4.78 is 2.12. The van der Waals surface area contributed by atoms with Crippen LogP contribution in [0.4, 0.5) is 0 Å². The number of hydrogen-bond acceptors (Lipinski definition) is 2. The minimum Gasteiger partial charge on any atom is -0.357 e. The van der Waals surface area contributed by atoms with E-state index in [1.54, 1.807) is 0 Å². The summed E-state index contributed by atoms with van der Waals surface area (Å²) in [6.45, 7) is 5.15. The molecule has 0 radical (unpaired) electrons. The monoisotopic (exact) mass is 461 g/mol. The van der Waals surface area contributed by atoms with Crippen LogP contribution in [0.25, 0.3) is 0 Å². The number of nitrogens with one attached hydrogen (secondary N) is 2. The molecule has 2 N–H and O–H groups in total. The number of rotatable bonds is 8. The van der Waals surface area contributed by atoms with Crippen LogP contribution in [0, 0.1) is 5.92 Å². The second kappa shape index (κ2) is 11.4. The fourth-order valence-electron chi connectivity index (χ4n) is 2.74. The van der Waals surface area contributed by atoms with Crippen molar-refractivity contribution in [2.75, 3.05) is 26.7 Å². The van der Waals surface area contributed by atoms with E-state index in [-0.39, 0.29) is 35.8 Å². The molecular weight excluding hydrogens is 429 g/mol. The summed E-state index contributed by atoms with van der Waals surface area (Å²) in [6.07, 6.45) is 6.22. The van der Waals surface area contributed by atoms with Crippen LogP contribution in [0.15, 0.2) is 23.3 Å². The highest BCUT2D eigenvalue weighted by Gasteiger charge is 2.24. The molecule has 0 bridgehead atoms. The first-order chi connectivity index (χ1) is 11.6. The molecule has 1 aromatic heterocycles. The second-order valence-electron chi connectivity index (χ2n) is 6.47. The molecule has 1 aromatic rings. The number of aryl methyl sites for hydroxylation is 1.